The molecule has 258 valence electrons. The molecule has 1 aliphatic heterocycles. The van der Waals surface area contributed by atoms with E-state index in [9.17, 15) is 14.7 Å². The summed E-state index contributed by atoms with van der Waals surface area (Å²) in [5.74, 6) is -0.0831. The maximum absolute atomic E-state index is 12.3. The first-order chi connectivity index (χ1) is 24.5. The van der Waals surface area contributed by atoms with Crippen LogP contribution in [0.25, 0.3) is 16.8 Å². The van der Waals surface area contributed by atoms with Gasteiger partial charge in [0.1, 0.15) is 0 Å². The van der Waals surface area contributed by atoms with Gasteiger partial charge in [-0.25, -0.2) is 5.48 Å². The van der Waals surface area contributed by atoms with Crippen molar-refractivity contribution in [3.63, 3.8) is 0 Å². The van der Waals surface area contributed by atoms with Gasteiger partial charge in [0, 0.05) is 37.1 Å². The number of ether oxygens (including phenoxy) is 2. The number of tetrazole rings is 1. The average molecular weight is 695 g/mol. The van der Waals surface area contributed by atoms with Crippen molar-refractivity contribution in [2.45, 2.75) is 62.5 Å². The van der Waals surface area contributed by atoms with E-state index in [4.69, 9.17) is 14.7 Å². The number of carbonyl (C=O) groups excluding carboxylic acids is 2. The number of nitrogens with one attached hydrogen (secondary N) is 2. The van der Waals surface area contributed by atoms with E-state index >= 15 is 0 Å². The molecule has 1 fully saturated rings. The minimum atomic E-state index is -0.641. The fourth-order valence-corrected chi connectivity index (χ4v) is 6.58. The molecule has 0 bridgehead atoms. The van der Waals surface area contributed by atoms with Crippen molar-refractivity contribution in [2.24, 2.45) is 0 Å². The molecule has 4 N–H and O–H groups in total. The Kier molecular flexibility index (Phi) is 12.0. The molecule has 0 saturated carbocycles. The molecule has 13 heteroatoms. The van der Waals surface area contributed by atoms with Crippen molar-refractivity contribution in [1.29, 1.82) is 0 Å². The van der Waals surface area contributed by atoms with E-state index in [1.54, 1.807) is 10.2 Å². The zero-order chi connectivity index (χ0) is 34.7. The number of hydroxylamine groups is 1. The summed E-state index contributed by atoms with van der Waals surface area (Å²) in [6.07, 6.45) is 0.162. The van der Waals surface area contributed by atoms with E-state index in [1.165, 1.54) is 11.8 Å². The maximum Gasteiger partial charge on any atom is 0.243 e. The van der Waals surface area contributed by atoms with Gasteiger partial charge in [0.25, 0.3) is 0 Å². The van der Waals surface area contributed by atoms with Crippen molar-refractivity contribution in [2.75, 3.05) is 5.75 Å². The van der Waals surface area contributed by atoms with Crippen LogP contribution < -0.4 is 10.8 Å². The first-order valence-corrected chi connectivity index (χ1v) is 17.3. The first kappa shape index (κ1) is 34.9. The minimum Gasteiger partial charge on any atom is -0.392 e. The number of benzene rings is 4. The third-order valence-corrected chi connectivity index (χ3v) is 9.35. The highest BCUT2D eigenvalue weighted by atomic mass is 32.2. The monoisotopic (exact) mass is 694 g/mol. The standard InChI is InChI=1S/C37H38N6O6S/c44-23-25-15-17-27(18-16-25)33-21-32(24-50-37-39-41-42-43(37)31-11-2-1-3-12-31)48-36(49-33)30-10-5-9-29(20-30)28-8-4-7-26(19-28)22-38-34(45)13-6-14-35(46)40-47/h1-5,7-12,15-20,32-33,36,44,47H,6,13-14,21-24H2,(H,38,45)(H,40,46)/t32-,33+,36+/m0/s1. The van der Waals surface area contributed by atoms with Crippen LogP contribution in [0.15, 0.2) is 108 Å². The SMILES string of the molecule is O=C(CCCC(=O)NCc1cccc(-c2cccc([C@@H]3O[C@H](CSc4nnnn4-c4ccccc4)C[C@H](c4ccc(CO)cc4)O3)c2)c1)NO. The Bertz CT molecular complexity index is 1870. The second-order valence-corrected chi connectivity index (χ2v) is 12.8. The smallest absolute Gasteiger partial charge is 0.243 e. The number of para-hydroxylation sites is 1. The number of hydrogen-bond donors (Lipinski definition) is 4. The topological polar surface area (TPSA) is 161 Å². The fraction of sp³-hybridized carbons (Fsp3) is 0.270. The summed E-state index contributed by atoms with van der Waals surface area (Å²) in [7, 11) is 0. The molecule has 50 heavy (non-hydrogen) atoms. The molecule has 0 spiro atoms. The van der Waals surface area contributed by atoms with Crippen LogP contribution >= 0.6 is 11.8 Å². The Hall–Kier alpha value is -4.92. The molecular weight excluding hydrogens is 657 g/mol. The summed E-state index contributed by atoms with van der Waals surface area (Å²) in [5.41, 5.74) is 8.03. The lowest BCUT2D eigenvalue weighted by Gasteiger charge is -2.36. The molecule has 0 aliphatic carbocycles. The third kappa shape index (κ3) is 9.20. The van der Waals surface area contributed by atoms with Crippen LogP contribution in [0.3, 0.4) is 0 Å². The number of nitrogens with zero attached hydrogens (tertiary/aromatic N) is 4. The molecule has 12 nitrogen and oxygen atoms in total. The van der Waals surface area contributed by atoms with Crippen molar-refractivity contribution in [3.8, 4) is 16.8 Å². The maximum atomic E-state index is 12.3. The van der Waals surface area contributed by atoms with Gasteiger partial charge in [-0.15, -0.1) is 5.10 Å². The zero-order valence-corrected chi connectivity index (χ0v) is 28.0. The summed E-state index contributed by atoms with van der Waals surface area (Å²) < 4.78 is 14.9. The molecule has 0 unspecified atom stereocenters. The second-order valence-electron chi connectivity index (χ2n) is 11.9. The van der Waals surface area contributed by atoms with Crippen LogP contribution in [0.2, 0.25) is 0 Å². The van der Waals surface area contributed by atoms with Gasteiger partial charge in [-0.2, -0.15) is 4.68 Å². The van der Waals surface area contributed by atoms with Crippen molar-refractivity contribution < 1.29 is 29.4 Å². The molecule has 5 aromatic rings. The third-order valence-electron chi connectivity index (χ3n) is 8.30. The van der Waals surface area contributed by atoms with E-state index < -0.39 is 12.2 Å². The van der Waals surface area contributed by atoms with Crippen molar-refractivity contribution in [3.05, 3.63) is 125 Å². The van der Waals surface area contributed by atoms with Gasteiger partial charge >= 0.3 is 0 Å². The number of rotatable bonds is 14. The van der Waals surface area contributed by atoms with Gasteiger partial charge in [0.15, 0.2) is 6.29 Å². The Morgan fingerprint density at radius 2 is 1.60 bits per heavy atom. The summed E-state index contributed by atoms with van der Waals surface area (Å²) in [6, 6.07) is 33.6. The summed E-state index contributed by atoms with van der Waals surface area (Å²) in [5, 5.41) is 34.1. The molecule has 1 saturated heterocycles. The number of thioether (sulfide) groups is 1. The molecule has 2 heterocycles. The van der Waals surface area contributed by atoms with Crippen LogP contribution in [0, 0.1) is 0 Å². The quantitative estimate of drug-likeness (QED) is 0.0669. The average Bonchev–Trinajstić information content (AvgIpc) is 3.65. The number of aliphatic hydroxyl groups is 1. The molecular formula is C37H38N6O6S. The van der Waals surface area contributed by atoms with E-state index in [0.717, 1.165) is 39.1 Å². The van der Waals surface area contributed by atoms with Crippen LogP contribution in [0.1, 0.15) is 60.3 Å². The number of amides is 2. The summed E-state index contributed by atoms with van der Waals surface area (Å²) in [6.45, 7) is 0.315. The Labute approximate surface area is 293 Å². The molecule has 2 amide bonds. The van der Waals surface area contributed by atoms with Crippen LogP contribution in [-0.4, -0.2) is 54.2 Å². The highest BCUT2D eigenvalue weighted by Gasteiger charge is 2.33. The van der Waals surface area contributed by atoms with Crippen molar-refractivity contribution in [1.82, 2.24) is 31.0 Å². The molecule has 0 radical (unpaired) electrons. The van der Waals surface area contributed by atoms with Gasteiger partial charge in [0.05, 0.1) is 24.5 Å². The fourth-order valence-electron chi connectivity index (χ4n) is 5.67. The van der Waals surface area contributed by atoms with E-state index in [1.807, 2.05) is 97.1 Å². The molecule has 1 aliphatic rings. The van der Waals surface area contributed by atoms with Crippen LogP contribution in [0.4, 0.5) is 0 Å². The van der Waals surface area contributed by atoms with E-state index in [-0.39, 0.29) is 37.6 Å². The van der Waals surface area contributed by atoms with Crippen molar-refractivity contribution >= 4 is 23.6 Å². The van der Waals surface area contributed by atoms with E-state index in [2.05, 4.69) is 26.9 Å². The predicted molar refractivity (Wildman–Crippen MR) is 186 cm³/mol. The number of aliphatic hydroxyl groups excluding tert-OH is 1. The van der Waals surface area contributed by atoms with Gasteiger partial charge in [-0.3, -0.25) is 14.8 Å². The Morgan fingerprint density at radius 3 is 2.38 bits per heavy atom. The van der Waals surface area contributed by atoms with E-state index in [0.29, 0.717) is 30.3 Å². The van der Waals surface area contributed by atoms with Crippen LogP contribution in [-0.2, 0) is 32.2 Å². The summed E-state index contributed by atoms with van der Waals surface area (Å²) >= 11 is 1.53. The lowest BCUT2D eigenvalue weighted by atomic mass is 9.99. The van der Waals surface area contributed by atoms with Gasteiger partial charge in [-0.05, 0) is 68.9 Å². The van der Waals surface area contributed by atoms with Gasteiger partial charge in [-0.1, -0.05) is 90.6 Å². The molecule has 6 rings (SSSR count). The summed E-state index contributed by atoms with van der Waals surface area (Å²) in [4.78, 5) is 23.5. The zero-order valence-electron chi connectivity index (χ0n) is 27.2. The molecule has 1 aromatic heterocycles. The number of carbonyl (C=O) groups is 2. The van der Waals surface area contributed by atoms with Gasteiger partial charge in [0.2, 0.25) is 17.0 Å². The Balaban J connectivity index is 1.17. The normalized spacial score (nSPS) is 17.3. The van der Waals surface area contributed by atoms with Crippen LogP contribution in [0.5, 0.6) is 0 Å². The Morgan fingerprint density at radius 1 is 0.840 bits per heavy atom. The highest BCUT2D eigenvalue weighted by Crippen LogP contribution is 2.40. The predicted octanol–water partition coefficient (Wildman–Crippen LogP) is 5.45. The minimum absolute atomic E-state index is 0.0290. The largest absolute Gasteiger partial charge is 0.392 e. The second kappa shape index (κ2) is 17.1. The van der Waals surface area contributed by atoms with Gasteiger partial charge < -0.3 is 19.9 Å². The molecule has 3 atom stereocenters. The molecule has 4 aromatic carbocycles. The highest BCUT2D eigenvalue weighted by molar-refractivity contribution is 7.99. The number of hydrogen-bond acceptors (Lipinski definition) is 10. The first-order valence-electron chi connectivity index (χ1n) is 16.3. The number of aromatic nitrogens is 4. The lowest BCUT2D eigenvalue weighted by Crippen LogP contribution is -2.31. The lowest BCUT2D eigenvalue weighted by molar-refractivity contribution is -0.245.